The topological polar surface area (TPSA) is 95.8 Å². The molecule has 23 heavy (non-hydrogen) atoms. The van der Waals surface area contributed by atoms with Gasteiger partial charge in [0.2, 0.25) is 5.95 Å². The van der Waals surface area contributed by atoms with E-state index in [9.17, 15) is 22.5 Å². The summed E-state index contributed by atoms with van der Waals surface area (Å²) in [6, 6.07) is 1.70. The summed E-state index contributed by atoms with van der Waals surface area (Å²) in [6.07, 6.45) is -3.59. The average Bonchev–Trinajstić information content (AvgIpc) is 2.82. The van der Waals surface area contributed by atoms with Crippen molar-refractivity contribution in [2.75, 3.05) is 11.6 Å². The van der Waals surface area contributed by atoms with Gasteiger partial charge in [-0.2, -0.15) is 13.2 Å². The molecule has 1 aromatic heterocycles. The van der Waals surface area contributed by atoms with Gasteiger partial charge in [-0.15, -0.1) is 0 Å². The third-order valence-corrected chi connectivity index (χ3v) is 4.87. The zero-order valence-corrected chi connectivity index (χ0v) is 14.1. The Morgan fingerprint density at radius 3 is 2.57 bits per heavy atom. The molecular formula is C11H9BrF3N5O2S. The van der Waals surface area contributed by atoms with Gasteiger partial charge in [0.15, 0.2) is 4.90 Å². The lowest BCUT2D eigenvalue weighted by Gasteiger charge is -2.16. The van der Waals surface area contributed by atoms with E-state index < -0.39 is 33.7 Å². The fourth-order valence-electron chi connectivity index (χ4n) is 1.74. The number of aryl methyl sites for hydroxylation is 1. The van der Waals surface area contributed by atoms with Crippen molar-refractivity contribution in [2.45, 2.75) is 11.1 Å². The Morgan fingerprint density at radius 1 is 1.43 bits per heavy atom. The quantitative estimate of drug-likeness (QED) is 0.778. The monoisotopic (exact) mass is 411 g/mol. The van der Waals surface area contributed by atoms with E-state index in [0.29, 0.717) is 6.07 Å². The Labute approximate surface area is 139 Å². The van der Waals surface area contributed by atoms with Gasteiger partial charge in [-0.05, 0) is 49.7 Å². The molecule has 0 fully saturated rings. The average molecular weight is 412 g/mol. The number of benzene rings is 1. The number of nitrogens with one attached hydrogen (secondary N) is 1. The van der Waals surface area contributed by atoms with E-state index in [1.165, 1.54) is 11.7 Å². The Balaban J connectivity index is 2.46. The largest absolute Gasteiger partial charge is 0.612 e. The summed E-state index contributed by atoms with van der Waals surface area (Å²) >= 11 is 0.975. The molecule has 1 aromatic carbocycles. The number of anilines is 1. The van der Waals surface area contributed by atoms with Crippen LogP contribution in [-0.2, 0) is 24.4 Å². The van der Waals surface area contributed by atoms with Crippen molar-refractivity contribution in [3.63, 3.8) is 0 Å². The molecule has 1 heterocycles. The third-order valence-electron chi connectivity index (χ3n) is 2.78. The van der Waals surface area contributed by atoms with Crippen LogP contribution in [0.1, 0.15) is 15.9 Å². The van der Waals surface area contributed by atoms with Crippen LogP contribution in [0.25, 0.3) is 0 Å². The first-order chi connectivity index (χ1) is 10.6. The fourth-order valence-corrected chi connectivity index (χ4v) is 3.81. The van der Waals surface area contributed by atoms with Crippen molar-refractivity contribution in [2.24, 2.45) is 7.05 Å². The molecule has 124 valence electrons. The van der Waals surface area contributed by atoms with Gasteiger partial charge < -0.3 is 4.55 Å². The minimum Gasteiger partial charge on any atom is -0.612 e. The van der Waals surface area contributed by atoms with Gasteiger partial charge in [0.05, 0.1) is 10.0 Å². The molecule has 1 amide bonds. The predicted octanol–water partition coefficient (Wildman–Crippen LogP) is 1.98. The zero-order chi connectivity index (χ0) is 17.4. The number of aromatic nitrogens is 4. The van der Waals surface area contributed by atoms with Crippen LogP contribution >= 0.6 is 15.9 Å². The third kappa shape index (κ3) is 3.64. The number of alkyl halides is 3. The smallest absolute Gasteiger partial charge is 0.421 e. The van der Waals surface area contributed by atoms with E-state index in [-0.39, 0.29) is 16.0 Å². The van der Waals surface area contributed by atoms with Crippen LogP contribution in [0.2, 0.25) is 0 Å². The zero-order valence-electron chi connectivity index (χ0n) is 11.7. The highest BCUT2D eigenvalue weighted by Gasteiger charge is 2.39. The van der Waals surface area contributed by atoms with Crippen molar-refractivity contribution in [1.29, 1.82) is 0 Å². The van der Waals surface area contributed by atoms with Crippen LogP contribution < -0.4 is 5.32 Å². The van der Waals surface area contributed by atoms with Gasteiger partial charge in [-0.3, -0.25) is 10.1 Å². The van der Waals surface area contributed by atoms with Crippen LogP contribution in [0.4, 0.5) is 19.1 Å². The van der Waals surface area contributed by atoms with E-state index in [1.807, 2.05) is 0 Å². The van der Waals surface area contributed by atoms with E-state index in [1.54, 1.807) is 0 Å². The van der Waals surface area contributed by atoms with Gasteiger partial charge in [-0.25, -0.2) is 4.68 Å². The number of hydrogen-bond donors (Lipinski definition) is 1. The number of carbonyl (C=O) groups is 1. The summed E-state index contributed by atoms with van der Waals surface area (Å²) in [6.45, 7) is 0. The molecule has 1 atom stereocenters. The summed E-state index contributed by atoms with van der Waals surface area (Å²) in [4.78, 5) is 11.7. The lowest BCUT2D eigenvalue weighted by Crippen LogP contribution is -2.19. The maximum absolute atomic E-state index is 13.0. The number of rotatable bonds is 3. The number of tetrazole rings is 1. The van der Waals surface area contributed by atoms with E-state index in [0.717, 1.165) is 12.3 Å². The standard InChI is InChI=1S/C11H9BrF3N5O2S/c1-20-10(17-18-19-20)16-9(21)5-3-4-6(11(13,14)15)8(7(5)12)23(2)22/h3-4H,1-2H3,(H,16,17,19,21). The fraction of sp³-hybridized carbons (Fsp3) is 0.273. The van der Waals surface area contributed by atoms with Crippen molar-refractivity contribution in [3.8, 4) is 0 Å². The van der Waals surface area contributed by atoms with E-state index >= 15 is 0 Å². The minimum absolute atomic E-state index is 0.0148. The van der Waals surface area contributed by atoms with E-state index in [2.05, 4.69) is 36.8 Å². The molecular weight excluding hydrogens is 403 g/mol. The first-order valence-electron chi connectivity index (χ1n) is 5.89. The summed E-state index contributed by atoms with van der Waals surface area (Å²) in [5, 5.41) is 12.7. The van der Waals surface area contributed by atoms with Gasteiger partial charge in [0.25, 0.3) is 5.91 Å². The Bertz CT molecular complexity index is 750. The normalized spacial score (nSPS) is 13.0. The molecule has 1 N–H and O–H groups in total. The van der Waals surface area contributed by atoms with Crippen LogP contribution in [0.15, 0.2) is 21.5 Å². The van der Waals surface area contributed by atoms with Gasteiger partial charge in [-0.1, -0.05) is 5.10 Å². The van der Waals surface area contributed by atoms with E-state index in [4.69, 9.17) is 0 Å². The lowest BCUT2D eigenvalue weighted by atomic mass is 10.1. The molecule has 1 unspecified atom stereocenters. The second kappa shape index (κ2) is 6.45. The summed E-state index contributed by atoms with van der Waals surface area (Å²) in [5.41, 5.74) is -1.19. The Kier molecular flexibility index (Phi) is 4.96. The first-order valence-corrected chi connectivity index (χ1v) is 8.25. The molecule has 0 aliphatic heterocycles. The highest BCUT2D eigenvalue weighted by atomic mass is 79.9. The summed E-state index contributed by atoms with van der Waals surface area (Å²) < 4.78 is 51.7. The number of carbonyl (C=O) groups excluding carboxylic acids is 1. The van der Waals surface area contributed by atoms with Gasteiger partial charge in [0, 0.05) is 7.05 Å². The molecule has 12 heteroatoms. The van der Waals surface area contributed by atoms with Gasteiger partial charge >= 0.3 is 6.18 Å². The van der Waals surface area contributed by atoms with Gasteiger partial charge in [0.1, 0.15) is 11.8 Å². The number of halogens is 4. The lowest BCUT2D eigenvalue weighted by molar-refractivity contribution is -0.139. The molecule has 0 aliphatic rings. The van der Waals surface area contributed by atoms with Crippen LogP contribution in [0.3, 0.4) is 0 Å². The minimum atomic E-state index is -4.69. The summed E-state index contributed by atoms with van der Waals surface area (Å²) in [7, 11) is 1.48. The first kappa shape index (κ1) is 17.7. The van der Waals surface area contributed by atoms with Crippen molar-refractivity contribution >= 4 is 39.0 Å². The second-order valence-electron chi connectivity index (χ2n) is 4.34. The number of hydrogen-bond acceptors (Lipinski definition) is 5. The van der Waals surface area contributed by atoms with Crippen LogP contribution in [-0.4, -0.2) is 36.9 Å². The Morgan fingerprint density at radius 2 is 2.09 bits per heavy atom. The number of nitrogens with zero attached hydrogens (tertiary/aromatic N) is 4. The molecule has 0 saturated heterocycles. The summed E-state index contributed by atoms with van der Waals surface area (Å²) in [5.74, 6) is -0.726. The van der Waals surface area contributed by atoms with Crippen molar-refractivity contribution < 1.29 is 22.5 Å². The van der Waals surface area contributed by atoms with Crippen LogP contribution in [0, 0.1) is 0 Å². The van der Waals surface area contributed by atoms with Crippen LogP contribution in [0.5, 0.6) is 0 Å². The molecule has 2 aromatic rings. The van der Waals surface area contributed by atoms with Crippen molar-refractivity contribution in [3.05, 3.63) is 27.7 Å². The molecule has 0 radical (unpaired) electrons. The molecule has 7 nitrogen and oxygen atoms in total. The molecule has 0 saturated carbocycles. The van der Waals surface area contributed by atoms with Crippen molar-refractivity contribution in [1.82, 2.24) is 20.2 Å². The molecule has 2 rings (SSSR count). The second-order valence-corrected chi connectivity index (χ2v) is 6.45. The highest BCUT2D eigenvalue weighted by Crippen LogP contribution is 2.39. The molecule has 0 bridgehead atoms. The molecule has 0 spiro atoms. The SMILES string of the molecule is Cn1nnnc1NC(=O)c1ccc(C(F)(F)F)c([S+](C)[O-])c1Br. The maximum Gasteiger partial charge on any atom is 0.421 e. The predicted molar refractivity (Wildman–Crippen MR) is 78.2 cm³/mol. The number of amides is 1. The highest BCUT2D eigenvalue weighted by molar-refractivity contribution is 9.10. The Hall–Kier alpha value is -1.66. The maximum atomic E-state index is 13.0. The molecule has 0 aliphatic carbocycles.